The Morgan fingerprint density at radius 1 is 1.07 bits per heavy atom. The van der Waals surface area contributed by atoms with Crippen LogP contribution in [0.25, 0.3) is 10.9 Å². The molecular weight excluding hydrogens is 521 g/mol. The van der Waals surface area contributed by atoms with E-state index in [2.05, 4.69) is 25.7 Å². The first-order valence-corrected chi connectivity index (χ1v) is 14.6. The number of amides is 2. The van der Waals surface area contributed by atoms with Crippen LogP contribution in [-0.4, -0.2) is 58.4 Å². The molecule has 9 heteroatoms. The molecule has 3 aromatic rings. The number of piperidine rings is 1. The second kappa shape index (κ2) is 11.6. The summed E-state index contributed by atoms with van der Waals surface area (Å²) in [5.41, 5.74) is 3.78. The summed E-state index contributed by atoms with van der Waals surface area (Å²) in [4.78, 5) is 41.5. The summed E-state index contributed by atoms with van der Waals surface area (Å²) in [6.07, 6.45) is 6.67. The molecule has 2 fully saturated rings. The van der Waals surface area contributed by atoms with Gasteiger partial charge >= 0.3 is 0 Å². The van der Waals surface area contributed by atoms with E-state index in [0.717, 1.165) is 48.4 Å². The number of aromatic nitrogens is 2. The zero-order chi connectivity index (χ0) is 28.5. The van der Waals surface area contributed by atoms with Gasteiger partial charge in [0.2, 0.25) is 11.8 Å². The topological polar surface area (TPSA) is 107 Å². The molecule has 3 N–H and O–H groups in total. The van der Waals surface area contributed by atoms with Crippen LogP contribution >= 0.6 is 0 Å². The van der Waals surface area contributed by atoms with E-state index in [9.17, 15) is 18.8 Å². The SMILES string of the molecule is CC1=C(C(=O)Cc2ccc3[nH]ncc3c2)C(c2ccc(F)c(CC(=O)NCC3CCN(C4CC4)CC3)c2)NC(=O)C1. The van der Waals surface area contributed by atoms with E-state index >= 15 is 0 Å². The van der Waals surface area contributed by atoms with E-state index in [4.69, 9.17) is 0 Å². The van der Waals surface area contributed by atoms with Gasteiger partial charge in [0.1, 0.15) is 5.82 Å². The highest BCUT2D eigenvalue weighted by atomic mass is 19.1. The first-order chi connectivity index (χ1) is 19.8. The monoisotopic (exact) mass is 557 g/mol. The number of Topliss-reactive ketones (excluding diaryl/α,β-unsaturated/α-hetero) is 1. The lowest BCUT2D eigenvalue weighted by Crippen LogP contribution is -2.40. The van der Waals surface area contributed by atoms with Crippen LogP contribution in [0, 0.1) is 11.7 Å². The van der Waals surface area contributed by atoms with Gasteiger partial charge in [0, 0.05) is 36.4 Å². The van der Waals surface area contributed by atoms with E-state index in [1.165, 1.54) is 18.9 Å². The molecule has 0 radical (unpaired) electrons. The Bertz CT molecular complexity index is 1520. The molecule has 3 heterocycles. The molecular formula is C32H36FN5O3. The largest absolute Gasteiger partial charge is 0.356 e. The number of benzene rings is 2. The van der Waals surface area contributed by atoms with Gasteiger partial charge in [0.25, 0.3) is 0 Å². The van der Waals surface area contributed by atoms with Gasteiger partial charge in [-0.2, -0.15) is 5.10 Å². The minimum atomic E-state index is -0.708. The quantitative estimate of drug-likeness (QED) is 0.370. The third-order valence-electron chi connectivity index (χ3n) is 8.70. The van der Waals surface area contributed by atoms with Crippen LogP contribution in [0.3, 0.4) is 0 Å². The van der Waals surface area contributed by atoms with Crippen molar-refractivity contribution in [3.63, 3.8) is 0 Å². The molecule has 2 aliphatic heterocycles. The molecule has 1 saturated carbocycles. The summed E-state index contributed by atoms with van der Waals surface area (Å²) in [5.74, 6) is -0.563. The maximum atomic E-state index is 14.9. The van der Waals surface area contributed by atoms with Gasteiger partial charge in [-0.1, -0.05) is 17.7 Å². The summed E-state index contributed by atoms with van der Waals surface area (Å²) in [6, 6.07) is 10.3. The molecule has 0 spiro atoms. The Hall–Kier alpha value is -3.85. The summed E-state index contributed by atoms with van der Waals surface area (Å²) in [5, 5.41) is 13.8. The molecule has 6 rings (SSSR count). The van der Waals surface area contributed by atoms with Crippen LogP contribution in [0.4, 0.5) is 4.39 Å². The third kappa shape index (κ3) is 6.25. The first kappa shape index (κ1) is 27.3. The first-order valence-electron chi connectivity index (χ1n) is 14.6. The molecule has 1 saturated heterocycles. The summed E-state index contributed by atoms with van der Waals surface area (Å²) < 4.78 is 14.9. The zero-order valence-corrected chi connectivity index (χ0v) is 23.3. The molecule has 1 aliphatic carbocycles. The number of nitrogens with zero attached hydrogens (tertiary/aromatic N) is 2. The van der Waals surface area contributed by atoms with Crippen LogP contribution in [0.2, 0.25) is 0 Å². The zero-order valence-electron chi connectivity index (χ0n) is 23.3. The van der Waals surface area contributed by atoms with E-state index in [1.54, 1.807) is 25.3 Å². The molecule has 3 aliphatic rings. The Morgan fingerprint density at radius 3 is 2.66 bits per heavy atom. The number of carbonyl (C=O) groups is 3. The number of ketones is 1. The molecule has 0 bridgehead atoms. The fourth-order valence-electron chi connectivity index (χ4n) is 6.26. The second-order valence-electron chi connectivity index (χ2n) is 11.8. The fourth-order valence-corrected chi connectivity index (χ4v) is 6.26. The second-order valence-corrected chi connectivity index (χ2v) is 11.8. The van der Waals surface area contributed by atoms with Crippen molar-refractivity contribution >= 4 is 28.5 Å². The van der Waals surface area contributed by atoms with Crippen molar-refractivity contribution in [3.8, 4) is 0 Å². The Labute approximate surface area is 238 Å². The predicted molar refractivity (Wildman–Crippen MR) is 153 cm³/mol. The van der Waals surface area contributed by atoms with Gasteiger partial charge in [-0.3, -0.25) is 19.5 Å². The highest BCUT2D eigenvalue weighted by molar-refractivity contribution is 6.02. The Balaban J connectivity index is 1.14. The Kier molecular flexibility index (Phi) is 7.71. The maximum Gasteiger partial charge on any atom is 0.224 e. The maximum absolute atomic E-state index is 14.9. The van der Waals surface area contributed by atoms with Gasteiger partial charge in [0.05, 0.1) is 24.2 Å². The average Bonchev–Trinajstić information content (AvgIpc) is 3.70. The van der Waals surface area contributed by atoms with Crippen molar-refractivity contribution in [2.75, 3.05) is 19.6 Å². The van der Waals surface area contributed by atoms with Crippen LogP contribution in [-0.2, 0) is 27.2 Å². The fraction of sp³-hybridized carbons (Fsp3) is 0.438. The van der Waals surface area contributed by atoms with E-state index in [1.807, 2.05) is 18.2 Å². The molecule has 1 aromatic heterocycles. The van der Waals surface area contributed by atoms with Crippen LogP contribution in [0.1, 0.15) is 61.8 Å². The van der Waals surface area contributed by atoms with Crippen LogP contribution in [0.15, 0.2) is 53.7 Å². The highest BCUT2D eigenvalue weighted by Gasteiger charge is 2.33. The minimum absolute atomic E-state index is 0.0993. The van der Waals surface area contributed by atoms with Crippen LogP contribution in [0.5, 0.6) is 0 Å². The predicted octanol–water partition coefficient (Wildman–Crippen LogP) is 3.92. The van der Waals surface area contributed by atoms with Gasteiger partial charge in [-0.25, -0.2) is 4.39 Å². The van der Waals surface area contributed by atoms with Gasteiger partial charge in [-0.15, -0.1) is 0 Å². The average molecular weight is 558 g/mol. The molecule has 214 valence electrons. The third-order valence-corrected chi connectivity index (χ3v) is 8.70. The van der Waals surface area contributed by atoms with Crippen molar-refractivity contribution in [2.45, 2.75) is 64.0 Å². The van der Waals surface area contributed by atoms with Gasteiger partial charge in [-0.05, 0) is 92.6 Å². The number of likely N-dealkylation sites (tertiary alicyclic amines) is 1. The van der Waals surface area contributed by atoms with Crippen molar-refractivity contribution in [3.05, 3.63) is 76.2 Å². The minimum Gasteiger partial charge on any atom is -0.356 e. The normalized spacial score (nSPS) is 20.3. The number of aromatic amines is 1. The lowest BCUT2D eigenvalue weighted by molar-refractivity contribution is -0.122. The number of rotatable bonds is 9. The molecule has 1 atom stereocenters. The highest BCUT2D eigenvalue weighted by Crippen LogP contribution is 2.33. The molecule has 41 heavy (non-hydrogen) atoms. The summed E-state index contributed by atoms with van der Waals surface area (Å²) in [7, 11) is 0. The summed E-state index contributed by atoms with van der Waals surface area (Å²) >= 11 is 0. The number of nitrogens with one attached hydrogen (secondary N) is 3. The van der Waals surface area contributed by atoms with E-state index in [0.29, 0.717) is 29.2 Å². The number of carbonyl (C=O) groups excluding carboxylic acids is 3. The number of halogens is 1. The lowest BCUT2D eigenvalue weighted by Gasteiger charge is -2.32. The van der Waals surface area contributed by atoms with E-state index < -0.39 is 11.9 Å². The lowest BCUT2D eigenvalue weighted by atomic mass is 9.85. The van der Waals surface area contributed by atoms with Crippen molar-refractivity contribution in [1.82, 2.24) is 25.7 Å². The van der Waals surface area contributed by atoms with Gasteiger partial charge < -0.3 is 15.5 Å². The number of hydrogen-bond donors (Lipinski definition) is 3. The number of fused-ring (bicyclic) bond motifs is 1. The standard InChI is InChI=1S/C32H36FN5O3/c1-19-12-30(41)36-32(31(19)28(39)14-21-2-7-27-24(13-21)18-35-37-27)22-3-6-26(33)23(15-22)16-29(40)34-17-20-8-10-38(11-9-20)25-4-5-25/h2-3,6-7,13,15,18,20,25,32H,4-5,8-12,14,16-17H2,1H3,(H,34,40)(H,35,37)(H,36,41). The Morgan fingerprint density at radius 2 is 1.88 bits per heavy atom. The molecule has 8 nitrogen and oxygen atoms in total. The van der Waals surface area contributed by atoms with Crippen molar-refractivity contribution in [1.29, 1.82) is 0 Å². The van der Waals surface area contributed by atoms with Crippen molar-refractivity contribution < 1.29 is 18.8 Å². The van der Waals surface area contributed by atoms with Gasteiger partial charge in [0.15, 0.2) is 5.78 Å². The smallest absolute Gasteiger partial charge is 0.224 e. The van der Waals surface area contributed by atoms with Crippen LogP contribution < -0.4 is 10.6 Å². The summed E-state index contributed by atoms with van der Waals surface area (Å²) in [6.45, 7) is 4.57. The van der Waals surface area contributed by atoms with Crippen molar-refractivity contribution in [2.24, 2.45) is 5.92 Å². The number of H-pyrrole nitrogens is 1. The molecule has 1 unspecified atom stereocenters. The van der Waals surface area contributed by atoms with E-state index in [-0.39, 0.29) is 42.4 Å². The number of hydrogen-bond acceptors (Lipinski definition) is 5. The molecule has 2 aromatic carbocycles. The molecule has 2 amide bonds.